The molecule has 2 N–H and O–H groups in total. The lowest BCUT2D eigenvalue weighted by Gasteiger charge is -2.26. The Balaban J connectivity index is 1.83. The SMILES string of the molecule is O=C(CNN1CCCCC1)Nc1c(Cl)cccc1Cl. The average Bonchev–Trinajstić information content (AvgIpc) is 2.42. The van der Waals surface area contributed by atoms with Gasteiger partial charge in [-0.2, -0.15) is 0 Å². The summed E-state index contributed by atoms with van der Waals surface area (Å²) in [5.74, 6) is -0.152. The van der Waals surface area contributed by atoms with Crippen LogP contribution >= 0.6 is 23.2 Å². The normalized spacial score (nSPS) is 16.3. The molecule has 1 aliphatic rings. The number of nitrogens with one attached hydrogen (secondary N) is 2. The number of amides is 1. The van der Waals surface area contributed by atoms with Crippen LogP contribution in [0.2, 0.25) is 10.0 Å². The standard InChI is InChI=1S/C13H17Cl2N3O/c14-10-5-4-6-11(15)13(10)17-12(19)9-16-18-7-2-1-3-8-18/h4-6,16H,1-3,7-9H2,(H,17,19). The zero-order valence-electron chi connectivity index (χ0n) is 10.6. The number of nitrogens with zero attached hydrogens (tertiary/aromatic N) is 1. The number of halogens is 2. The van der Waals surface area contributed by atoms with Crippen molar-refractivity contribution in [2.75, 3.05) is 25.0 Å². The molecule has 2 rings (SSSR count). The summed E-state index contributed by atoms with van der Waals surface area (Å²) in [7, 11) is 0. The first-order valence-corrected chi connectivity index (χ1v) is 7.15. The number of carbonyl (C=O) groups is 1. The lowest BCUT2D eigenvalue weighted by atomic mass is 10.2. The summed E-state index contributed by atoms with van der Waals surface area (Å²) in [4.78, 5) is 11.8. The van der Waals surface area contributed by atoms with E-state index in [1.807, 2.05) is 0 Å². The van der Waals surface area contributed by atoms with E-state index in [1.165, 1.54) is 19.3 Å². The third-order valence-corrected chi connectivity index (χ3v) is 3.68. The molecular formula is C13H17Cl2N3O. The molecule has 4 nitrogen and oxygen atoms in total. The summed E-state index contributed by atoms with van der Waals surface area (Å²) in [5, 5.41) is 5.69. The molecule has 0 radical (unpaired) electrons. The highest BCUT2D eigenvalue weighted by atomic mass is 35.5. The maximum absolute atomic E-state index is 11.8. The summed E-state index contributed by atoms with van der Waals surface area (Å²) >= 11 is 12.0. The number of hydrogen-bond acceptors (Lipinski definition) is 3. The molecule has 1 saturated heterocycles. The first-order chi connectivity index (χ1) is 9.16. The maximum atomic E-state index is 11.8. The Hall–Kier alpha value is -0.810. The van der Waals surface area contributed by atoms with Gasteiger partial charge >= 0.3 is 0 Å². The molecule has 104 valence electrons. The minimum Gasteiger partial charge on any atom is -0.322 e. The Morgan fingerprint density at radius 1 is 1.16 bits per heavy atom. The number of piperidine rings is 1. The second kappa shape index (κ2) is 7.10. The number of rotatable bonds is 4. The van der Waals surface area contributed by atoms with Crippen LogP contribution in [-0.4, -0.2) is 30.6 Å². The van der Waals surface area contributed by atoms with Crippen LogP contribution in [0.3, 0.4) is 0 Å². The van der Waals surface area contributed by atoms with Gasteiger partial charge in [0.15, 0.2) is 0 Å². The van der Waals surface area contributed by atoms with Crippen molar-refractivity contribution in [2.45, 2.75) is 19.3 Å². The van der Waals surface area contributed by atoms with Crippen LogP contribution in [0.5, 0.6) is 0 Å². The second-order valence-electron chi connectivity index (χ2n) is 4.53. The van der Waals surface area contributed by atoms with Crippen LogP contribution in [0.4, 0.5) is 5.69 Å². The van der Waals surface area contributed by atoms with Crippen LogP contribution in [-0.2, 0) is 4.79 Å². The van der Waals surface area contributed by atoms with Crippen LogP contribution in [0, 0.1) is 0 Å². The fraction of sp³-hybridized carbons (Fsp3) is 0.462. The molecule has 1 aromatic rings. The van der Waals surface area contributed by atoms with Crippen LogP contribution in [0.1, 0.15) is 19.3 Å². The molecule has 0 spiro atoms. The van der Waals surface area contributed by atoms with Gasteiger partial charge in [-0.3, -0.25) is 4.79 Å². The monoisotopic (exact) mass is 301 g/mol. The van der Waals surface area contributed by atoms with Crippen molar-refractivity contribution in [1.82, 2.24) is 10.4 Å². The first kappa shape index (κ1) is 14.6. The number of carbonyl (C=O) groups excluding carboxylic acids is 1. The van der Waals surface area contributed by atoms with Gasteiger partial charge in [-0.25, -0.2) is 10.4 Å². The largest absolute Gasteiger partial charge is 0.322 e. The molecule has 1 amide bonds. The highest BCUT2D eigenvalue weighted by molar-refractivity contribution is 6.39. The van der Waals surface area contributed by atoms with Gasteiger partial charge in [-0.1, -0.05) is 35.7 Å². The van der Waals surface area contributed by atoms with E-state index in [4.69, 9.17) is 23.2 Å². The van der Waals surface area contributed by atoms with Crippen molar-refractivity contribution >= 4 is 34.8 Å². The van der Waals surface area contributed by atoms with Crippen molar-refractivity contribution in [1.29, 1.82) is 0 Å². The summed E-state index contributed by atoms with van der Waals surface area (Å²) < 4.78 is 0. The van der Waals surface area contributed by atoms with Crippen molar-refractivity contribution in [3.63, 3.8) is 0 Å². The van der Waals surface area contributed by atoms with E-state index >= 15 is 0 Å². The average molecular weight is 302 g/mol. The van der Waals surface area contributed by atoms with Gasteiger partial charge in [0.25, 0.3) is 0 Å². The molecule has 1 fully saturated rings. The van der Waals surface area contributed by atoms with E-state index in [-0.39, 0.29) is 12.5 Å². The van der Waals surface area contributed by atoms with Gasteiger partial charge in [-0.05, 0) is 25.0 Å². The Morgan fingerprint density at radius 3 is 2.42 bits per heavy atom. The number of hydrazine groups is 1. The molecule has 0 aromatic heterocycles. The second-order valence-corrected chi connectivity index (χ2v) is 5.34. The Labute approximate surface area is 123 Å². The molecule has 0 saturated carbocycles. The first-order valence-electron chi connectivity index (χ1n) is 6.39. The quantitative estimate of drug-likeness (QED) is 0.899. The molecule has 0 atom stereocenters. The molecule has 0 unspecified atom stereocenters. The fourth-order valence-electron chi connectivity index (χ4n) is 2.04. The van der Waals surface area contributed by atoms with Crippen molar-refractivity contribution < 1.29 is 4.79 Å². The van der Waals surface area contributed by atoms with Gasteiger partial charge in [0.05, 0.1) is 22.3 Å². The van der Waals surface area contributed by atoms with E-state index < -0.39 is 0 Å². The maximum Gasteiger partial charge on any atom is 0.239 e. The molecule has 0 bridgehead atoms. The Bertz CT molecular complexity index is 427. The van der Waals surface area contributed by atoms with Crippen LogP contribution < -0.4 is 10.7 Å². The summed E-state index contributed by atoms with van der Waals surface area (Å²) in [5.41, 5.74) is 3.58. The molecule has 6 heteroatoms. The van der Waals surface area contributed by atoms with E-state index in [9.17, 15) is 4.79 Å². The van der Waals surface area contributed by atoms with Crippen molar-refractivity contribution in [3.05, 3.63) is 28.2 Å². The van der Waals surface area contributed by atoms with Gasteiger partial charge in [0.2, 0.25) is 5.91 Å². The summed E-state index contributed by atoms with van der Waals surface area (Å²) in [6.07, 6.45) is 3.61. The van der Waals surface area contributed by atoms with Crippen LogP contribution in [0.25, 0.3) is 0 Å². The number of hydrogen-bond donors (Lipinski definition) is 2. The van der Waals surface area contributed by atoms with Gasteiger partial charge in [0, 0.05) is 13.1 Å². The van der Waals surface area contributed by atoms with Crippen molar-refractivity contribution in [2.24, 2.45) is 0 Å². The Kier molecular flexibility index (Phi) is 5.45. The lowest BCUT2D eigenvalue weighted by Crippen LogP contribution is -2.45. The van der Waals surface area contributed by atoms with E-state index in [2.05, 4.69) is 15.8 Å². The predicted octanol–water partition coefficient (Wildman–Crippen LogP) is 2.92. The molecule has 1 heterocycles. The van der Waals surface area contributed by atoms with Gasteiger partial charge in [-0.15, -0.1) is 0 Å². The van der Waals surface area contributed by atoms with Crippen molar-refractivity contribution in [3.8, 4) is 0 Å². The smallest absolute Gasteiger partial charge is 0.239 e. The van der Waals surface area contributed by atoms with E-state index in [1.54, 1.807) is 18.2 Å². The Morgan fingerprint density at radius 2 is 1.79 bits per heavy atom. The summed E-state index contributed by atoms with van der Waals surface area (Å²) in [6, 6.07) is 5.13. The third kappa shape index (κ3) is 4.35. The van der Waals surface area contributed by atoms with E-state index in [0.717, 1.165) is 13.1 Å². The lowest BCUT2D eigenvalue weighted by molar-refractivity contribution is -0.116. The zero-order chi connectivity index (χ0) is 13.7. The minimum atomic E-state index is -0.152. The highest BCUT2D eigenvalue weighted by Gasteiger charge is 2.13. The number of anilines is 1. The predicted molar refractivity (Wildman–Crippen MR) is 78.5 cm³/mol. The molecule has 19 heavy (non-hydrogen) atoms. The molecule has 1 aromatic carbocycles. The van der Waals surface area contributed by atoms with Gasteiger partial charge in [0.1, 0.15) is 0 Å². The molecule has 0 aliphatic carbocycles. The van der Waals surface area contributed by atoms with Crippen LogP contribution in [0.15, 0.2) is 18.2 Å². The number of benzene rings is 1. The van der Waals surface area contributed by atoms with Gasteiger partial charge < -0.3 is 5.32 Å². The van der Waals surface area contributed by atoms with E-state index in [0.29, 0.717) is 15.7 Å². The fourth-order valence-corrected chi connectivity index (χ4v) is 2.53. The number of para-hydroxylation sites is 1. The minimum absolute atomic E-state index is 0.152. The molecular weight excluding hydrogens is 285 g/mol. The highest BCUT2D eigenvalue weighted by Crippen LogP contribution is 2.29. The summed E-state index contributed by atoms with van der Waals surface area (Å²) in [6.45, 7) is 2.20. The topological polar surface area (TPSA) is 44.4 Å². The zero-order valence-corrected chi connectivity index (χ0v) is 12.1. The third-order valence-electron chi connectivity index (χ3n) is 3.05. The molecule has 1 aliphatic heterocycles.